The normalized spacial score (nSPS) is 46.3. The van der Waals surface area contributed by atoms with E-state index >= 15 is 0 Å². The van der Waals surface area contributed by atoms with Crippen molar-refractivity contribution in [1.82, 2.24) is 0 Å². The lowest BCUT2D eigenvalue weighted by Crippen LogP contribution is -2.36. The minimum Gasteiger partial charge on any atom is -0.458 e. The molecule has 1 aliphatic carbocycles. The van der Waals surface area contributed by atoms with Crippen LogP contribution in [0.15, 0.2) is 24.3 Å². The lowest BCUT2D eigenvalue weighted by atomic mass is 9.81. The molecule has 2 saturated heterocycles. The number of rotatable bonds is 0. The fraction of sp³-hybridized carbons (Fsp3) is 0.667. The third kappa shape index (κ3) is 2.03. The van der Waals surface area contributed by atoms with Gasteiger partial charge < -0.3 is 14.6 Å². The molecular formula is C15H20O4. The first-order chi connectivity index (χ1) is 8.92. The number of hydrogen-bond acceptors (Lipinski definition) is 4. The van der Waals surface area contributed by atoms with Gasteiger partial charge in [0.15, 0.2) is 0 Å². The van der Waals surface area contributed by atoms with Crippen molar-refractivity contribution in [3.8, 4) is 0 Å². The van der Waals surface area contributed by atoms with Crippen molar-refractivity contribution in [2.45, 2.75) is 56.5 Å². The van der Waals surface area contributed by atoms with E-state index in [1.165, 1.54) is 0 Å². The van der Waals surface area contributed by atoms with E-state index in [4.69, 9.17) is 9.47 Å². The number of hydrogen-bond donors (Lipinski definition) is 1. The highest BCUT2D eigenvalue weighted by molar-refractivity contribution is 5.91. The Kier molecular flexibility index (Phi) is 2.84. The molecule has 0 aromatic carbocycles. The maximum absolute atomic E-state index is 11.7. The fourth-order valence-electron chi connectivity index (χ4n) is 3.39. The molecule has 19 heavy (non-hydrogen) atoms. The number of carbonyl (C=O) groups excluding carboxylic acids is 1. The van der Waals surface area contributed by atoms with Gasteiger partial charge in [0, 0.05) is 12.0 Å². The first kappa shape index (κ1) is 12.9. The summed E-state index contributed by atoms with van der Waals surface area (Å²) >= 11 is 0. The summed E-state index contributed by atoms with van der Waals surface area (Å²) < 4.78 is 11.0. The summed E-state index contributed by atoms with van der Waals surface area (Å²) in [4.78, 5) is 11.7. The Bertz CT molecular complexity index is 455. The molecule has 4 nitrogen and oxygen atoms in total. The molecule has 0 bridgehead atoms. The highest BCUT2D eigenvalue weighted by atomic mass is 16.6. The summed E-state index contributed by atoms with van der Waals surface area (Å²) in [5.74, 6) is -0.766. The molecule has 0 amide bonds. The molecule has 2 aliphatic heterocycles. The van der Waals surface area contributed by atoms with Gasteiger partial charge in [-0.1, -0.05) is 18.7 Å². The van der Waals surface area contributed by atoms with E-state index in [0.29, 0.717) is 12.0 Å². The van der Waals surface area contributed by atoms with Gasteiger partial charge in [-0.15, -0.1) is 0 Å². The van der Waals surface area contributed by atoms with Crippen molar-refractivity contribution in [1.29, 1.82) is 0 Å². The van der Waals surface area contributed by atoms with Crippen molar-refractivity contribution >= 4 is 5.97 Å². The van der Waals surface area contributed by atoms with Crippen LogP contribution in [0.5, 0.6) is 0 Å². The maximum Gasteiger partial charge on any atom is 0.334 e. The van der Waals surface area contributed by atoms with Crippen LogP contribution in [0.3, 0.4) is 0 Å². The molecule has 1 saturated carbocycles. The van der Waals surface area contributed by atoms with E-state index < -0.39 is 12.1 Å². The average molecular weight is 264 g/mol. The number of fused-ring (bicyclic) bond motifs is 2. The highest BCUT2D eigenvalue weighted by Gasteiger charge is 2.60. The van der Waals surface area contributed by atoms with E-state index in [0.717, 1.165) is 24.8 Å². The first-order valence-corrected chi connectivity index (χ1v) is 6.85. The predicted octanol–water partition coefficient (Wildman–Crippen LogP) is 1.73. The highest BCUT2D eigenvalue weighted by Crippen LogP contribution is 2.48. The number of ether oxygens (including phenoxy) is 2. The molecular weight excluding hydrogens is 244 g/mol. The zero-order valence-corrected chi connectivity index (χ0v) is 11.2. The largest absolute Gasteiger partial charge is 0.458 e. The molecule has 0 aromatic rings. The number of aliphatic hydroxyl groups is 1. The minimum absolute atomic E-state index is 0.211. The second kappa shape index (κ2) is 4.18. The van der Waals surface area contributed by atoms with Gasteiger partial charge in [-0.25, -0.2) is 4.79 Å². The van der Waals surface area contributed by atoms with E-state index in [1.807, 2.05) is 6.92 Å². The second-order valence-electron chi connectivity index (χ2n) is 6.14. The van der Waals surface area contributed by atoms with E-state index in [-0.39, 0.29) is 23.7 Å². The van der Waals surface area contributed by atoms with Gasteiger partial charge in [-0.05, 0) is 26.2 Å². The van der Waals surface area contributed by atoms with Crippen LogP contribution >= 0.6 is 0 Å². The summed E-state index contributed by atoms with van der Waals surface area (Å²) in [6, 6.07) is 0. The van der Waals surface area contributed by atoms with Crippen LogP contribution in [0.2, 0.25) is 0 Å². The van der Waals surface area contributed by atoms with Crippen molar-refractivity contribution < 1.29 is 19.4 Å². The predicted molar refractivity (Wildman–Crippen MR) is 69.4 cm³/mol. The van der Waals surface area contributed by atoms with E-state index in [1.54, 1.807) is 0 Å². The number of epoxide rings is 1. The molecule has 3 rings (SSSR count). The van der Waals surface area contributed by atoms with Crippen molar-refractivity contribution in [2.24, 2.45) is 5.92 Å². The summed E-state index contributed by atoms with van der Waals surface area (Å²) in [5.41, 5.74) is 1.16. The quantitative estimate of drug-likeness (QED) is 0.313. The molecule has 3 aliphatic rings. The van der Waals surface area contributed by atoms with Crippen LogP contribution in [-0.4, -0.2) is 35.0 Å². The molecule has 4 heteroatoms. The molecule has 104 valence electrons. The van der Waals surface area contributed by atoms with Crippen LogP contribution in [0.25, 0.3) is 0 Å². The van der Waals surface area contributed by atoms with Crippen LogP contribution in [0, 0.1) is 5.92 Å². The molecule has 0 radical (unpaired) electrons. The van der Waals surface area contributed by atoms with Crippen LogP contribution in [0.4, 0.5) is 0 Å². The van der Waals surface area contributed by atoms with Crippen LogP contribution in [-0.2, 0) is 14.3 Å². The molecule has 0 aromatic heterocycles. The number of carbonyl (C=O) groups is 1. The lowest BCUT2D eigenvalue weighted by Gasteiger charge is -2.24. The molecule has 2 heterocycles. The van der Waals surface area contributed by atoms with Gasteiger partial charge in [-0.3, -0.25) is 0 Å². The smallest absolute Gasteiger partial charge is 0.334 e. The van der Waals surface area contributed by atoms with E-state index in [2.05, 4.69) is 13.2 Å². The van der Waals surface area contributed by atoms with Crippen LogP contribution in [0.1, 0.15) is 32.6 Å². The van der Waals surface area contributed by atoms with Gasteiger partial charge in [0.05, 0.1) is 17.6 Å². The van der Waals surface area contributed by atoms with Crippen molar-refractivity contribution in [3.05, 3.63) is 24.3 Å². The standard InChI is InChI=1S/C15H20O4/c1-8-5-4-6-15(3)13(19-15)12(16)11-9(2)14(17)18-10(11)7-8/h10-13,16H,1-2,4-7H2,3H3/t10-,11+,12-,13-,15+/m0/s1. The summed E-state index contributed by atoms with van der Waals surface area (Å²) in [6.07, 6.45) is 2.15. The maximum atomic E-state index is 11.7. The Labute approximate surface area is 113 Å². The zero-order chi connectivity index (χ0) is 13.8. The first-order valence-electron chi connectivity index (χ1n) is 6.85. The van der Waals surface area contributed by atoms with Gasteiger partial charge in [0.25, 0.3) is 0 Å². The lowest BCUT2D eigenvalue weighted by molar-refractivity contribution is -0.139. The van der Waals surface area contributed by atoms with Crippen molar-refractivity contribution in [3.63, 3.8) is 0 Å². The van der Waals surface area contributed by atoms with Gasteiger partial charge in [0.1, 0.15) is 12.2 Å². The summed E-state index contributed by atoms with van der Waals surface area (Å²) in [5, 5.41) is 10.5. The zero-order valence-electron chi connectivity index (χ0n) is 11.2. The summed E-state index contributed by atoms with van der Waals surface area (Å²) in [7, 11) is 0. The number of esters is 1. The Hall–Kier alpha value is -1.13. The molecule has 0 spiro atoms. The molecule has 5 atom stereocenters. The average Bonchev–Trinajstić information content (AvgIpc) is 2.92. The van der Waals surface area contributed by atoms with E-state index in [9.17, 15) is 9.90 Å². The molecule has 3 fully saturated rings. The molecule has 0 unspecified atom stereocenters. The van der Waals surface area contributed by atoms with Gasteiger partial charge >= 0.3 is 5.97 Å². The fourth-order valence-corrected chi connectivity index (χ4v) is 3.39. The second-order valence-corrected chi connectivity index (χ2v) is 6.14. The third-order valence-corrected chi connectivity index (χ3v) is 4.64. The minimum atomic E-state index is -0.722. The monoisotopic (exact) mass is 264 g/mol. The summed E-state index contributed by atoms with van der Waals surface area (Å²) in [6.45, 7) is 9.83. The number of aliphatic hydroxyl groups excluding tert-OH is 1. The van der Waals surface area contributed by atoms with Crippen molar-refractivity contribution in [2.75, 3.05) is 0 Å². The third-order valence-electron chi connectivity index (χ3n) is 4.64. The molecule has 1 N–H and O–H groups in total. The van der Waals surface area contributed by atoms with Gasteiger partial charge in [0.2, 0.25) is 0 Å². The Morgan fingerprint density at radius 1 is 1.42 bits per heavy atom. The van der Waals surface area contributed by atoms with Gasteiger partial charge in [-0.2, -0.15) is 0 Å². The Morgan fingerprint density at radius 2 is 2.16 bits per heavy atom. The van der Waals surface area contributed by atoms with Crippen LogP contribution < -0.4 is 0 Å². The SMILES string of the molecule is C=C1CCC[C@@]2(C)O[C@H]2[C@@H](O)[C@@H]2C(=C)C(=O)O[C@H]2C1. The Morgan fingerprint density at radius 3 is 2.89 bits per heavy atom. The Balaban J connectivity index is 1.89. The topological polar surface area (TPSA) is 59.1 Å².